The van der Waals surface area contributed by atoms with Crippen molar-refractivity contribution in [1.82, 2.24) is 9.97 Å². The van der Waals surface area contributed by atoms with E-state index in [0.29, 0.717) is 10.7 Å². The smallest absolute Gasteiger partial charge is 0.267 e. The van der Waals surface area contributed by atoms with Crippen molar-refractivity contribution >= 4 is 39.0 Å². The molecule has 0 aliphatic heterocycles. The van der Waals surface area contributed by atoms with Crippen molar-refractivity contribution in [3.63, 3.8) is 0 Å². The highest BCUT2D eigenvalue weighted by molar-refractivity contribution is 9.10. The summed E-state index contributed by atoms with van der Waals surface area (Å²) in [5.41, 5.74) is 0.000456. The third-order valence-corrected chi connectivity index (χ3v) is 3.04. The number of hydrogen-bond donors (Lipinski definition) is 2. The van der Waals surface area contributed by atoms with Crippen molar-refractivity contribution in [3.05, 3.63) is 50.2 Å². The standard InChI is InChI=1S/C10H6BrClFN3O/c11-8-9(14-4-15-10(8)17)16-7-3-5(13)1-2-6(7)12/h1-4H,(H2,14,15,16,17). The quantitative estimate of drug-likeness (QED) is 0.894. The SMILES string of the molecule is O=c1[nH]cnc(Nc2cc(F)ccc2Cl)c1Br. The van der Waals surface area contributed by atoms with E-state index in [0.717, 1.165) is 0 Å². The Bertz CT molecular complexity index is 617. The van der Waals surface area contributed by atoms with Crippen LogP contribution in [-0.4, -0.2) is 9.97 Å². The zero-order valence-electron chi connectivity index (χ0n) is 8.30. The number of halogens is 3. The molecule has 1 aromatic carbocycles. The monoisotopic (exact) mass is 317 g/mol. The Morgan fingerprint density at radius 2 is 2.24 bits per heavy atom. The molecule has 7 heteroatoms. The van der Waals surface area contributed by atoms with Crippen molar-refractivity contribution in [1.29, 1.82) is 0 Å². The van der Waals surface area contributed by atoms with Crippen molar-refractivity contribution in [2.75, 3.05) is 5.32 Å². The molecule has 0 atom stereocenters. The van der Waals surface area contributed by atoms with Crippen LogP contribution in [0.25, 0.3) is 0 Å². The molecule has 88 valence electrons. The molecule has 2 N–H and O–H groups in total. The average Bonchev–Trinajstić information content (AvgIpc) is 2.30. The van der Waals surface area contributed by atoms with Crippen LogP contribution in [-0.2, 0) is 0 Å². The highest BCUT2D eigenvalue weighted by atomic mass is 79.9. The fourth-order valence-electron chi connectivity index (χ4n) is 1.19. The Labute approximate surface area is 109 Å². The lowest BCUT2D eigenvalue weighted by atomic mass is 10.3. The fourth-order valence-corrected chi connectivity index (χ4v) is 1.67. The molecule has 0 aliphatic carbocycles. The topological polar surface area (TPSA) is 57.8 Å². The summed E-state index contributed by atoms with van der Waals surface area (Å²) >= 11 is 8.96. The van der Waals surface area contributed by atoms with Gasteiger partial charge in [0.1, 0.15) is 10.3 Å². The number of rotatable bonds is 2. The molecule has 2 aromatic rings. The second kappa shape index (κ2) is 4.85. The number of H-pyrrole nitrogens is 1. The predicted molar refractivity (Wildman–Crippen MR) is 67.3 cm³/mol. The highest BCUT2D eigenvalue weighted by Gasteiger charge is 2.08. The van der Waals surface area contributed by atoms with Gasteiger partial charge in [0.15, 0.2) is 5.82 Å². The summed E-state index contributed by atoms with van der Waals surface area (Å²) < 4.78 is 13.3. The summed E-state index contributed by atoms with van der Waals surface area (Å²) in [5.74, 6) is -0.167. The summed E-state index contributed by atoms with van der Waals surface area (Å²) in [4.78, 5) is 17.6. The van der Waals surface area contributed by atoms with Gasteiger partial charge in [-0.3, -0.25) is 4.79 Å². The molecule has 2 rings (SSSR count). The summed E-state index contributed by atoms with van der Waals surface area (Å²) in [6, 6.07) is 3.88. The maximum atomic E-state index is 13.0. The van der Waals surface area contributed by atoms with Crippen LogP contribution in [0.5, 0.6) is 0 Å². The van der Waals surface area contributed by atoms with Crippen molar-refractivity contribution < 1.29 is 4.39 Å². The minimum absolute atomic E-state index is 0.223. The third-order valence-electron chi connectivity index (χ3n) is 1.98. The van der Waals surface area contributed by atoms with Gasteiger partial charge in [0.05, 0.1) is 17.0 Å². The lowest BCUT2D eigenvalue weighted by Crippen LogP contribution is -2.10. The second-order valence-electron chi connectivity index (χ2n) is 3.14. The van der Waals surface area contributed by atoms with Gasteiger partial charge in [0, 0.05) is 0 Å². The molecule has 0 spiro atoms. The van der Waals surface area contributed by atoms with E-state index in [-0.39, 0.29) is 15.8 Å². The van der Waals surface area contributed by atoms with Gasteiger partial charge in [-0.05, 0) is 34.1 Å². The summed E-state index contributed by atoms with van der Waals surface area (Å²) in [6.45, 7) is 0. The van der Waals surface area contributed by atoms with Crippen LogP contribution in [0.4, 0.5) is 15.9 Å². The van der Waals surface area contributed by atoms with Gasteiger partial charge in [-0.2, -0.15) is 0 Å². The van der Waals surface area contributed by atoms with E-state index < -0.39 is 5.82 Å². The molecule has 0 fully saturated rings. The first kappa shape index (κ1) is 12.1. The summed E-state index contributed by atoms with van der Waals surface area (Å²) in [6.07, 6.45) is 1.24. The van der Waals surface area contributed by atoms with Gasteiger partial charge in [0.25, 0.3) is 5.56 Å². The lowest BCUT2D eigenvalue weighted by molar-refractivity contribution is 0.628. The molecular formula is C10H6BrClFN3O. The Morgan fingerprint density at radius 1 is 1.47 bits per heavy atom. The molecule has 0 amide bonds. The van der Waals surface area contributed by atoms with Crippen LogP contribution in [0.1, 0.15) is 0 Å². The third kappa shape index (κ3) is 2.65. The molecule has 0 saturated heterocycles. The van der Waals surface area contributed by atoms with Gasteiger partial charge in [-0.1, -0.05) is 11.6 Å². The van der Waals surface area contributed by atoms with Gasteiger partial charge < -0.3 is 10.3 Å². The molecule has 1 aromatic heterocycles. The number of benzene rings is 1. The molecule has 1 heterocycles. The number of nitrogens with one attached hydrogen (secondary N) is 2. The number of nitrogens with zero attached hydrogens (tertiary/aromatic N) is 1. The van der Waals surface area contributed by atoms with E-state index >= 15 is 0 Å². The maximum absolute atomic E-state index is 13.0. The first-order chi connectivity index (χ1) is 8.08. The number of hydrogen-bond acceptors (Lipinski definition) is 3. The number of anilines is 2. The van der Waals surface area contributed by atoms with E-state index in [2.05, 4.69) is 31.2 Å². The minimum atomic E-state index is -0.433. The van der Waals surface area contributed by atoms with Crippen LogP contribution < -0.4 is 10.9 Å². The molecule has 0 saturated carbocycles. The molecule has 0 unspecified atom stereocenters. The van der Waals surface area contributed by atoms with Gasteiger partial charge >= 0.3 is 0 Å². The van der Waals surface area contributed by atoms with Crippen LogP contribution in [0.15, 0.2) is 33.8 Å². The lowest BCUT2D eigenvalue weighted by Gasteiger charge is -2.08. The first-order valence-electron chi connectivity index (χ1n) is 4.53. The molecule has 0 aliphatic rings. The fraction of sp³-hybridized carbons (Fsp3) is 0. The summed E-state index contributed by atoms with van der Waals surface area (Å²) in [7, 11) is 0. The predicted octanol–water partition coefficient (Wildman–Crippen LogP) is 3.07. The van der Waals surface area contributed by atoms with E-state index in [1.807, 2.05) is 0 Å². The first-order valence-corrected chi connectivity index (χ1v) is 5.70. The number of aromatic nitrogens is 2. The van der Waals surface area contributed by atoms with E-state index in [9.17, 15) is 9.18 Å². The van der Waals surface area contributed by atoms with Crippen molar-refractivity contribution in [2.45, 2.75) is 0 Å². The minimum Gasteiger partial charge on any atom is -0.338 e. The average molecular weight is 319 g/mol. The van der Waals surface area contributed by atoms with Crippen molar-refractivity contribution in [3.8, 4) is 0 Å². The zero-order chi connectivity index (χ0) is 12.4. The van der Waals surface area contributed by atoms with E-state index in [1.165, 1.54) is 24.5 Å². The molecule has 17 heavy (non-hydrogen) atoms. The molecule has 4 nitrogen and oxygen atoms in total. The second-order valence-corrected chi connectivity index (χ2v) is 4.34. The maximum Gasteiger partial charge on any atom is 0.267 e. The Kier molecular flexibility index (Phi) is 3.44. The largest absolute Gasteiger partial charge is 0.338 e. The van der Waals surface area contributed by atoms with Crippen LogP contribution in [0, 0.1) is 5.82 Å². The van der Waals surface area contributed by atoms with Crippen LogP contribution >= 0.6 is 27.5 Å². The molecule has 0 bridgehead atoms. The van der Waals surface area contributed by atoms with Crippen molar-refractivity contribution in [2.24, 2.45) is 0 Å². The van der Waals surface area contributed by atoms with E-state index in [1.54, 1.807) is 0 Å². The normalized spacial score (nSPS) is 10.3. The molecular weight excluding hydrogens is 312 g/mol. The van der Waals surface area contributed by atoms with Gasteiger partial charge in [-0.25, -0.2) is 9.37 Å². The number of aromatic amines is 1. The highest BCUT2D eigenvalue weighted by Crippen LogP contribution is 2.27. The zero-order valence-corrected chi connectivity index (χ0v) is 10.6. The Hall–Kier alpha value is -1.40. The molecule has 0 radical (unpaired) electrons. The van der Waals surface area contributed by atoms with Crippen LogP contribution in [0.2, 0.25) is 5.02 Å². The van der Waals surface area contributed by atoms with Gasteiger partial charge in [-0.15, -0.1) is 0 Å². The van der Waals surface area contributed by atoms with Gasteiger partial charge in [0.2, 0.25) is 0 Å². The summed E-state index contributed by atoms with van der Waals surface area (Å²) in [5, 5.41) is 3.11. The Morgan fingerprint density at radius 3 is 3.00 bits per heavy atom. The van der Waals surface area contributed by atoms with E-state index in [4.69, 9.17) is 11.6 Å². The Balaban J connectivity index is 2.41. The van der Waals surface area contributed by atoms with Crippen LogP contribution in [0.3, 0.4) is 0 Å².